The van der Waals surface area contributed by atoms with Gasteiger partial charge in [0.2, 0.25) is 5.91 Å². The van der Waals surface area contributed by atoms with E-state index in [-0.39, 0.29) is 22.3 Å². The number of nitrogens with one attached hydrogen (secondary N) is 1. The van der Waals surface area contributed by atoms with Gasteiger partial charge in [0.1, 0.15) is 11.5 Å². The van der Waals surface area contributed by atoms with Gasteiger partial charge in [-0.2, -0.15) is 5.01 Å². The lowest BCUT2D eigenvalue weighted by Gasteiger charge is -2.26. The molecule has 0 atom stereocenters. The smallest absolute Gasteiger partial charge is 0.285 e. The van der Waals surface area contributed by atoms with Gasteiger partial charge in [0.15, 0.2) is 4.32 Å². The monoisotopic (exact) mass is 488 g/mol. The summed E-state index contributed by atoms with van der Waals surface area (Å²) in [4.78, 5) is 38.0. The number of rotatable bonds is 7. The molecule has 2 aliphatic heterocycles. The van der Waals surface area contributed by atoms with Gasteiger partial charge in [-0.1, -0.05) is 23.9 Å². The zero-order chi connectivity index (χ0) is 23.4. The third-order valence-corrected chi connectivity index (χ3v) is 6.33. The molecule has 0 bridgehead atoms. The topological polar surface area (TPSA) is 118 Å². The number of non-ortho nitro benzene ring substituents is 1. The van der Waals surface area contributed by atoms with Crippen molar-refractivity contribution in [2.75, 3.05) is 32.8 Å². The highest BCUT2D eigenvalue weighted by Crippen LogP contribution is 2.33. The van der Waals surface area contributed by atoms with Gasteiger partial charge in [-0.3, -0.25) is 30.0 Å². The summed E-state index contributed by atoms with van der Waals surface area (Å²) in [7, 11) is 0. The van der Waals surface area contributed by atoms with E-state index in [1.54, 1.807) is 24.3 Å². The van der Waals surface area contributed by atoms with Crippen LogP contribution in [0.5, 0.6) is 0 Å². The summed E-state index contributed by atoms with van der Waals surface area (Å²) in [6.45, 7) is 3.43. The third kappa shape index (κ3) is 5.66. The fraction of sp³-hybridized carbons (Fsp3) is 0.286. The van der Waals surface area contributed by atoms with Crippen molar-refractivity contribution in [3.63, 3.8) is 0 Å². The Balaban J connectivity index is 1.39. The number of hydrogen-bond donors (Lipinski definition) is 1. The van der Waals surface area contributed by atoms with Crippen LogP contribution in [0.25, 0.3) is 17.4 Å². The Morgan fingerprint density at radius 2 is 2.06 bits per heavy atom. The molecule has 0 aliphatic carbocycles. The van der Waals surface area contributed by atoms with Crippen molar-refractivity contribution in [1.29, 1.82) is 0 Å². The van der Waals surface area contributed by atoms with Gasteiger partial charge in [-0.25, -0.2) is 0 Å². The maximum atomic E-state index is 12.7. The Morgan fingerprint density at radius 1 is 1.27 bits per heavy atom. The molecule has 33 heavy (non-hydrogen) atoms. The highest BCUT2D eigenvalue weighted by Gasteiger charge is 2.34. The van der Waals surface area contributed by atoms with Crippen LogP contribution in [0.4, 0.5) is 5.69 Å². The minimum Gasteiger partial charge on any atom is -0.457 e. The number of furan rings is 1. The zero-order valence-electron chi connectivity index (χ0n) is 17.4. The second-order valence-corrected chi connectivity index (χ2v) is 8.94. The van der Waals surface area contributed by atoms with Crippen molar-refractivity contribution in [2.24, 2.45) is 0 Å². The molecule has 2 aromatic rings. The number of carbonyl (C=O) groups is 2. The van der Waals surface area contributed by atoms with Crippen LogP contribution in [-0.2, 0) is 14.3 Å². The lowest BCUT2D eigenvalue weighted by Crippen LogP contribution is -2.46. The molecular weight excluding hydrogens is 468 g/mol. The normalized spacial score (nSPS) is 18.2. The minimum absolute atomic E-state index is 0.0457. The van der Waals surface area contributed by atoms with Crippen LogP contribution in [0, 0.1) is 10.1 Å². The lowest BCUT2D eigenvalue weighted by molar-refractivity contribution is -0.384. The standard InChI is InChI=1S/C21H20N4O6S2/c26-19(6-7-23-8-10-30-11-9-23)22-24-20(27)18(33-21(24)32)13-16-4-5-17(31-16)14-2-1-3-15(12-14)25(28)29/h1-5,12-13H,6-11H2,(H,22,26). The van der Waals surface area contributed by atoms with E-state index < -0.39 is 10.8 Å². The maximum absolute atomic E-state index is 12.7. The molecule has 2 fully saturated rings. The van der Waals surface area contributed by atoms with E-state index in [0.717, 1.165) is 29.9 Å². The molecule has 2 aliphatic rings. The van der Waals surface area contributed by atoms with Crippen LogP contribution in [0.1, 0.15) is 12.2 Å². The SMILES string of the molecule is O=C(CCN1CCOCC1)NN1C(=O)C(=Cc2ccc(-c3cccc([N+](=O)[O-])c3)o2)SC1=S. The summed E-state index contributed by atoms with van der Waals surface area (Å²) in [6, 6.07) is 9.40. The zero-order valence-corrected chi connectivity index (χ0v) is 19.0. The van der Waals surface area contributed by atoms with E-state index in [9.17, 15) is 19.7 Å². The number of nitro benzene ring substituents is 1. The van der Waals surface area contributed by atoms with Crippen molar-refractivity contribution in [3.05, 3.63) is 57.2 Å². The summed E-state index contributed by atoms with van der Waals surface area (Å²) in [5.41, 5.74) is 3.07. The summed E-state index contributed by atoms with van der Waals surface area (Å²) in [5.74, 6) is 0.0653. The van der Waals surface area contributed by atoms with Gasteiger partial charge in [-0.05, 0) is 24.4 Å². The molecule has 0 unspecified atom stereocenters. The van der Waals surface area contributed by atoms with Gasteiger partial charge < -0.3 is 9.15 Å². The van der Waals surface area contributed by atoms with Crippen LogP contribution in [0.3, 0.4) is 0 Å². The van der Waals surface area contributed by atoms with E-state index in [2.05, 4.69) is 10.3 Å². The quantitative estimate of drug-likeness (QED) is 0.272. The number of nitrogens with zero attached hydrogens (tertiary/aromatic N) is 3. The van der Waals surface area contributed by atoms with E-state index in [0.29, 0.717) is 41.7 Å². The number of benzene rings is 1. The Kier molecular flexibility index (Phi) is 7.18. The van der Waals surface area contributed by atoms with Crippen LogP contribution in [-0.4, -0.2) is 63.8 Å². The number of thioether (sulfide) groups is 1. The average Bonchev–Trinajstić information content (AvgIpc) is 3.39. The molecule has 0 spiro atoms. The molecule has 2 amide bonds. The Hall–Kier alpha value is -3.06. The fourth-order valence-corrected chi connectivity index (χ4v) is 4.48. The second-order valence-electron chi connectivity index (χ2n) is 7.27. The number of morpholine rings is 1. The number of carbonyl (C=O) groups excluding carboxylic acids is 2. The molecule has 2 saturated heterocycles. The van der Waals surface area contributed by atoms with Crippen molar-refractivity contribution in [3.8, 4) is 11.3 Å². The molecule has 1 aromatic heterocycles. The molecule has 10 nitrogen and oxygen atoms in total. The van der Waals surface area contributed by atoms with Gasteiger partial charge in [-0.15, -0.1) is 0 Å². The first-order valence-electron chi connectivity index (χ1n) is 10.1. The summed E-state index contributed by atoms with van der Waals surface area (Å²) < 4.78 is 11.2. The van der Waals surface area contributed by atoms with E-state index in [1.165, 1.54) is 18.2 Å². The average molecular weight is 489 g/mol. The van der Waals surface area contributed by atoms with Crippen molar-refractivity contribution < 1.29 is 23.7 Å². The largest absolute Gasteiger partial charge is 0.457 e. The number of ether oxygens (including phenoxy) is 1. The van der Waals surface area contributed by atoms with E-state index in [4.69, 9.17) is 21.4 Å². The minimum atomic E-state index is -0.478. The Labute approximate surface area is 198 Å². The molecule has 172 valence electrons. The van der Waals surface area contributed by atoms with E-state index in [1.807, 2.05) is 0 Å². The molecule has 1 N–H and O–H groups in total. The number of hydrazine groups is 1. The predicted molar refractivity (Wildman–Crippen MR) is 126 cm³/mol. The first kappa shape index (κ1) is 23.1. The van der Waals surface area contributed by atoms with Gasteiger partial charge >= 0.3 is 0 Å². The highest BCUT2D eigenvalue weighted by molar-refractivity contribution is 8.26. The maximum Gasteiger partial charge on any atom is 0.285 e. The molecule has 0 radical (unpaired) electrons. The number of thiocarbonyl (C=S) groups is 1. The van der Waals surface area contributed by atoms with Crippen molar-refractivity contribution >= 4 is 51.9 Å². The van der Waals surface area contributed by atoms with Gasteiger partial charge in [0, 0.05) is 49.8 Å². The second kappa shape index (κ2) is 10.3. The highest BCUT2D eigenvalue weighted by atomic mass is 32.2. The van der Waals surface area contributed by atoms with Crippen LogP contribution < -0.4 is 5.43 Å². The van der Waals surface area contributed by atoms with Crippen LogP contribution >= 0.6 is 24.0 Å². The molecule has 12 heteroatoms. The lowest BCUT2D eigenvalue weighted by atomic mass is 10.1. The number of hydrogen-bond acceptors (Lipinski definition) is 9. The van der Waals surface area contributed by atoms with Gasteiger partial charge in [0.05, 0.1) is 23.0 Å². The fourth-order valence-electron chi connectivity index (χ4n) is 3.32. The third-order valence-electron chi connectivity index (χ3n) is 5.03. The Morgan fingerprint density at radius 3 is 2.82 bits per heavy atom. The molecular formula is C21H20N4O6S2. The molecule has 3 heterocycles. The number of amides is 2. The Bertz CT molecular complexity index is 1130. The van der Waals surface area contributed by atoms with Crippen molar-refractivity contribution in [1.82, 2.24) is 15.3 Å². The van der Waals surface area contributed by atoms with Crippen molar-refractivity contribution in [2.45, 2.75) is 6.42 Å². The van der Waals surface area contributed by atoms with Crippen LogP contribution in [0.15, 0.2) is 45.7 Å². The molecule has 1 aromatic carbocycles. The first-order valence-corrected chi connectivity index (χ1v) is 11.4. The van der Waals surface area contributed by atoms with Gasteiger partial charge in [0.25, 0.3) is 11.6 Å². The molecule has 0 saturated carbocycles. The first-order chi connectivity index (χ1) is 15.9. The summed E-state index contributed by atoms with van der Waals surface area (Å²) in [6.07, 6.45) is 1.76. The van der Waals surface area contributed by atoms with Crippen LogP contribution in [0.2, 0.25) is 0 Å². The number of nitro groups is 1. The summed E-state index contributed by atoms with van der Waals surface area (Å²) in [5, 5.41) is 12.1. The molecule has 4 rings (SSSR count). The predicted octanol–water partition coefficient (Wildman–Crippen LogP) is 2.81. The van der Waals surface area contributed by atoms with E-state index >= 15 is 0 Å². The summed E-state index contributed by atoms with van der Waals surface area (Å²) >= 11 is 6.30.